The molecule has 0 bridgehead atoms. The Morgan fingerprint density at radius 3 is 2.18 bits per heavy atom. The number of nitrogens with zero attached hydrogens (tertiary/aromatic N) is 2. The van der Waals surface area contributed by atoms with Gasteiger partial charge in [-0.3, -0.25) is 9.59 Å². The van der Waals surface area contributed by atoms with E-state index < -0.39 is 35.5 Å². The van der Waals surface area contributed by atoms with Crippen LogP contribution >= 0.6 is 0 Å². The van der Waals surface area contributed by atoms with Gasteiger partial charge in [0.25, 0.3) is 5.91 Å². The van der Waals surface area contributed by atoms with E-state index in [1.165, 1.54) is 44.7 Å². The molecule has 236 valence electrons. The van der Waals surface area contributed by atoms with Crippen LogP contribution in [0.5, 0.6) is 11.5 Å². The highest BCUT2D eigenvalue weighted by atomic mass is 19.4. The number of para-hydroxylation sites is 1. The number of hydrogen-bond acceptors (Lipinski definition) is 6. The molecule has 0 aliphatic rings. The molecule has 45 heavy (non-hydrogen) atoms. The zero-order valence-corrected chi connectivity index (χ0v) is 23.6. The van der Waals surface area contributed by atoms with Gasteiger partial charge in [0.2, 0.25) is 0 Å². The maximum atomic E-state index is 13.8. The largest absolute Gasteiger partial charge is 0.493 e. The molecule has 0 saturated heterocycles. The summed E-state index contributed by atoms with van der Waals surface area (Å²) < 4.78 is 102. The average Bonchev–Trinajstić information content (AvgIpc) is 3.01. The summed E-state index contributed by atoms with van der Waals surface area (Å²) in [6, 6.07) is 18.0. The number of hydrazone groups is 1. The minimum atomic E-state index is -6.67. The molecule has 0 atom stereocenters. The zero-order valence-electron chi connectivity index (χ0n) is 23.6. The summed E-state index contributed by atoms with van der Waals surface area (Å²) in [7, 11) is 2.96. The fraction of sp³-hybridized carbons (Fsp3) is 0.200. The number of methoxy groups -OCH3 is 2. The van der Waals surface area contributed by atoms with Gasteiger partial charge in [0.05, 0.1) is 36.7 Å². The van der Waals surface area contributed by atoms with E-state index in [1.54, 1.807) is 42.5 Å². The molecule has 0 aliphatic carbocycles. The molecule has 2 N–H and O–H groups in total. The number of fused-ring (bicyclic) bond motifs is 1. The smallest absolute Gasteiger partial charge is 0.460 e. The number of rotatable bonds is 9. The second kappa shape index (κ2) is 12.4. The number of alkyl halides is 7. The Morgan fingerprint density at radius 2 is 1.51 bits per heavy atom. The molecule has 0 radical (unpaired) electrons. The molecule has 1 heterocycles. The molecule has 3 aromatic carbocycles. The predicted molar refractivity (Wildman–Crippen MR) is 151 cm³/mol. The summed E-state index contributed by atoms with van der Waals surface area (Å²) in [5.74, 6) is -15.3. The Balaban J connectivity index is 1.59. The van der Waals surface area contributed by atoms with Gasteiger partial charge >= 0.3 is 23.9 Å². The van der Waals surface area contributed by atoms with Crippen molar-refractivity contribution in [3.05, 3.63) is 83.9 Å². The van der Waals surface area contributed by atoms with Crippen molar-refractivity contribution in [3.8, 4) is 22.8 Å². The second-order valence-electron chi connectivity index (χ2n) is 9.46. The van der Waals surface area contributed by atoms with Crippen molar-refractivity contribution in [3.63, 3.8) is 0 Å². The van der Waals surface area contributed by atoms with Crippen LogP contribution in [0.1, 0.15) is 22.8 Å². The maximum absolute atomic E-state index is 13.8. The Labute approximate surface area is 250 Å². The van der Waals surface area contributed by atoms with E-state index >= 15 is 0 Å². The Hall–Kier alpha value is -5.21. The first-order valence-electron chi connectivity index (χ1n) is 12.8. The van der Waals surface area contributed by atoms with Crippen molar-refractivity contribution in [1.82, 2.24) is 10.4 Å². The number of hydrogen-bond donors (Lipinski definition) is 2. The highest BCUT2D eigenvalue weighted by Gasteiger charge is 2.76. The van der Waals surface area contributed by atoms with Crippen LogP contribution in [-0.2, 0) is 4.79 Å². The van der Waals surface area contributed by atoms with Gasteiger partial charge in [0.15, 0.2) is 11.5 Å². The van der Waals surface area contributed by atoms with Gasteiger partial charge in [0.1, 0.15) is 0 Å². The lowest BCUT2D eigenvalue weighted by Gasteiger charge is -2.27. The molecule has 1 aromatic heterocycles. The van der Waals surface area contributed by atoms with Crippen LogP contribution in [0.15, 0.2) is 77.9 Å². The predicted octanol–water partition coefficient (Wildman–Crippen LogP) is 6.84. The fourth-order valence-electron chi connectivity index (χ4n) is 4.12. The van der Waals surface area contributed by atoms with Gasteiger partial charge in [-0.1, -0.05) is 30.3 Å². The second-order valence-corrected chi connectivity index (χ2v) is 9.46. The minimum absolute atomic E-state index is 0.0744. The topological polar surface area (TPSA) is 102 Å². The van der Waals surface area contributed by atoms with Crippen molar-refractivity contribution in [2.24, 2.45) is 5.10 Å². The first-order valence-corrected chi connectivity index (χ1v) is 12.8. The lowest BCUT2D eigenvalue weighted by molar-refractivity contribution is -0.343. The molecule has 4 aromatic rings. The number of pyridine rings is 1. The van der Waals surface area contributed by atoms with E-state index in [0.29, 0.717) is 33.7 Å². The Morgan fingerprint density at radius 1 is 0.822 bits per heavy atom. The SMILES string of the molecule is COc1ccc(-c2cc(C(=O)N/N=C(\C)c3cccc(NC(=O)C(F)(F)C(F)(F)C(F)(F)F)c3)c3ccccc3n2)cc1OC. The van der Waals surface area contributed by atoms with E-state index in [0.717, 1.165) is 12.1 Å². The molecule has 8 nitrogen and oxygen atoms in total. The molecule has 2 amide bonds. The molecule has 0 saturated carbocycles. The van der Waals surface area contributed by atoms with Gasteiger partial charge in [-0.2, -0.15) is 35.8 Å². The van der Waals surface area contributed by atoms with Gasteiger partial charge in [-0.25, -0.2) is 10.4 Å². The molecule has 0 aliphatic heterocycles. The summed E-state index contributed by atoms with van der Waals surface area (Å²) >= 11 is 0. The minimum Gasteiger partial charge on any atom is -0.493 e. The number of carbonyl (C=O) groups is 2. The first-order chi connectivity index (χ1) is 21.1. The van der Waals surface area contributed by atoms with Crippen LogP contribution in [0.25, 0.3) is 22.2 Å². The van der Waals surface area contributed by atoms with E-state index in [-0.39, 0.29) is 16.8 Å². The van der Waals surface area contributed by atoms with Crippen molar-refractivity contribution in [1.29, 1.82) is 0 Å². The number of aromatic nitrogens is 1. The van der Waals surface area contributed by atoms with Crippen molar-refractivity contribution >= 4 is 34.1 Å². The number of benzene rings is 3. The lowest BCUT2D eigenvalue weighted by atomic mass is 10.0. The van der Waals surface area contributed by atoms with Crippen LogP contribution in [0.4, 0.5) is 36.4 Å². The Kier molecular flexibility index (Phi) is 9.02. The fourth-order valence-corrected chi connectivity index (χ4v) is 4.12. The first kappa shape index (κ1) is 32.7. The van der Waals surface area contributed by atoms with Crippen LogP contribution in [0, 0.1) is 0 Å². The average molecular weight is 637 g/mol. The van der Waals surface area contributed by atoms with Crippen molar-refractivity contribution in [2.45, 2.75) is 24.9 Å². The van der Waals surface area contributed by atoms with Crippen LogP contribution in [0.3, 0.4) is 0 Å². The number of nitrogens with one attached hydrogen (secondary N) is 2. The molecular formula is C30H23F7N4O4. The highest BCUT2D eigenvalue weighted by Crippen LogP contribution is 2.47. The third kappa shape index (κ3) is 6.51. The van der Waals surface area contributed by atoms with Crippen molar-refractivity contribution in [2.75, 3.05) is 19.5 Å². The maximum Gasteiger partial charge on any atom is 0.460 e. The van der Waals surface area contributed by atoms with Crippen LogP contribution < -0.4 is 20.2 Å². The zero-order chi connectivity index (χ0) is 33.2. The standard InChI is InChI=1S/C30H23F7N4O4/c1-16(17-7-6-8-19(13-17)38-27(43)28(31,32)29(33,34)30(35,36)37)40-41-26(42)21-15-23(39-22-10-5-4-9-20(21)22)18-11-12-24(44-2)25(14-18)45-3/h4-15H,1-3H3,(H,38,43)(H,41,42)/b40-16+. The summed E-state index contributed by atoms with van der Waals surface area (Å²) in [4.78, 5) is 29.7. The Bertz CT molecular complexity index is 1790. The molecule has 15 heteroatoms. The number of amides is 2. The molecule has 0 spiro atoms. The van der Waals surface area contributed by atoms with E-state index in [2.05, 4.69) is 15.5 Å². The van der Waals surface area contributed by atoms with Crippen LogP contribution in [-0.4, -0.2) is 54.8 Å². The van der Waals surface area contributed by atoms with E-state index in [9.17, 15) is 40.3 Å². The van der Waals surface area contributed by atoms with E-state index in [1.807, 2.05) is 0 Å². The summed E-state index contributed by atoms with van der Waals surface area (Å²) in [5, 5.41) is 5.86. The normalized spacial score (nSPS) is 12.5. The monoisotopic (exact) mass is 636 g/mol. The van der Waals surface area contributed by atoms with Crippen molar-refractivity contribution < 1.29 is 49.8 Å². The summed E-state index contributed by atoms with van der Waals surface area (Å²) in [6.45, 7) is 1.40. The van der Waals surface area contributed by atoms with E-state index in [4.69, 9.17) is 9.47 Å². The number of halogens is 7. The van der Waals surface area contributed by atoms with Crippen LogP contribution in [0.2, 0.25) is 0 Å². The quantitative estimate of drug-likeness (QED) is 0.119. The van der Waals surface area contributed by atoms with Gasteiger partial charge in [-0.15, -0.1) is 0 Å². The van der Waals surface area contributed by atoms with Gasteiger partial charge in [0, 0.05) is 16.6 Å². The number of carbonyl (C=O) groups excluding carboxylic acids is 2. The molecule has 4 rings (SSSR count). The third-order valence-electron chi connectivity index (χ3n) is 6.54. The molecule has 0 fully saturated rings. The van der Waals surface area contributed by atoms with Gasteiger partial charge in [-0.05, 0) is 55.0 Å². The number of anilines is 1. The molecular weight excluding hydrogens is 613 g/mol. The highest BCUT2D eigenvalue weighted by molar-refractivity contribution is 6.08. The number of ether oxygens (including phenoxy) is 2. The summed E-state index contributed by atoms with van der Waals surface area (Å²) in [6.07, 6.45) is -6.67. The lowest BCUT2D eigenvalue weighted by Crippen LogP contribution is -2.57. The van der Waals surface area contributed by atoms with Gasteiger partial charge < -0.3 is 14.8 Å². The third-order valence-corrected chi connectivity index (χ3v) is 6.54. The summed E-state index contributed by atoms with van der Waals surface area (Å²) in [5.41, 5.74) is 3.77. The molecule has 0 unspecified atom stereocenters.